The van der Waals surface area contributed by atoms with Crippen LogP contribution in [0.2, 0.25) is 0 Å². The first kappa shape index (κ1) is 16.6. The molecule has 0 aliphatic heterocycles. The van der Waals surface area contributed by atoms with E-state index < -0.39 is 0 Å². The van der Waals surface area contributed by atoms with Crippen molar-refractivity contribution in [2.75, 3.05) is 12.8 Å². The minimum Gasteiger partial charge on any atom is -0.497 e. The summed E-state index contributed by atoms with van der Waals surface area (Å²) in [7, 11) is 1.66. The number of benzene rings is 2. The van der Waals surface area contributed by atoms with Gasteiger partial charge in [0.25, 0.3) is 0 Å². The third-order valence-electron chi connectivity index (χ3n) is 4.05. The van der Waals surface area contributed by atoms with Gasteiger partial charge >= 0.3 is 0 Å². The first-order valence-corrected chi connectivity index (χ1v) is 8.66. The number of anilines is 1. The number of nitrogens with two attached hydrogens (primary N) is 1. The zero-order valence-corrected chi connectivity index (χ0v) is 15.4. The van der Waals surface area contributed by atoms with Gasteiger partial charge in [0.05, 0.1) is 19.3 Å². The maximum atomic E-state index is 6.37. The molecule has 2 aromatic carbocycles. The van der Waals surface area contributed by atoms with Crippen LogP contribution in [0.25, 0.3) is 11.3 Å². The standard InChI is InChI=1S/C19H20BrN3O/c1-3-15-18(16-10-9-14(24-2)11-17(16)20)22-23(19(15)21)12-13-7-5-4-6-8-13/h4-11H,3,12,21H2,1-2H3. The number of halogens is 1. The molecule has 0 unspecified atom stereocenters. The van der Waals surface area contributed by atoms with Gasteiger partial charge in [0.15, 0.2) is 0 Å². The molecule has 3 aromatic rings. The fourth-order valence-electron chi connectivity index (χ4n) is 2.77. The lowest BCUT2D eigenvalue weighted by Gasteiger charge is -2.06. The van der Waals surface area contributed by atoms with E-state index in [0.29, 0.717) is 6.54 Å². The first-order valence-electron chi connectivity index (χ1n) is 7.87. The quantitative estimate of drug-likeness (QED) is 0.702. The van der Waals surface area contributed by atoms with Crippen LogP contribution in [0, 0.1) is 0 Å². The predicted molar refractivity (Wildman–Crippen MR) is 101 cm³/mol. The third-order valence-corrected chi connectivity index (χ3v) is 4.71. The molecule has 5 heteroatoms. The number of ether oxygens (including phenoxy) is 1. The van der Waals surface area contributed by atoms with E-state index in [1.165, 1.54) is 5.56 Å². The Bertz CT molecular complexity index is 843. The number of aromatic nitrogens is 2. The molecule has 0 saturated carbocycles. The number of nitrogens with zero attached hydrogens (tertiary/aromatic N) is 2. The average molecular weight is 386 g/mol. The topological polar surface area (TPSA) is 53.1 Å². The molecule has 0 amide bonds. The lowest BCUT2D eigenvalue weighted by atomic mass is 10.1. The van der Waals surface area contributed by atoms with Gasteiger partial charge < -0.3 is 10.5 Å². The molecule has 0 saturated heterocycles. The highest BCUT2D eigenvalue weighted by Crippen LogP contribution is 2.35. The summed E-state index contributed by atoms with van der Waals surface area (Å²) < 4.78 is 8.09. The van der Waals surface area contributed by atoms with E-state index in [4.69, 9.17) is 15.6 Å². The number of methoxy groups -OCH3 is 1. The van der Waals surface area contributed by atoms with Crippen LogP contribution in [0.1, 0.15) is 18.1 Å². The number of hydrogen-bond donors (Lipinski definition) is 1. The summed E-state index contributed by atoms with van der Waals surface area (Å²) in [6.45, 7) is 2.76. The highest BCUT2D eigenvalue weighted by molar-refractivity contribution is 9.10. The van der Waals surface area contributed by atoms with Gasteiger partial charge in [-0.2, -0.15) is 5.10 Å². The molecule has 0 spiro atoms. The van der Waals surface area contributed by atoms with Crippen LogP contribution >= 0.6 is 15.9 Å². The lowest BCUT2D eigenvalue weighted by molar-refractivity contribution is 0.414. The molecule has 0 fully saturated rings. The van der Waals surface area contributed by atoms with Gasteiger partial charge in [-0.1, -0.05) is 37.3 Å². The Balaban J connectivity index is 2.04. The van der Waals surface area contributed by atoms with Crippen molar-refractivity contribution in [3.8, 4) is 17.0 Å². The zero-order valence-electron chi connectivity index (χ0n) is 13.8. The van der Waals surface area contributed by atoms with Crippen LogP contribution in [0.4, 0.5) is 5.82 Å². The summed E-state index contributed by atoms with van der Waals surface area (Å²) in [6.07, 6.45) is 0.828. The van der Waals surface area contributed by atoms with Crippen molar-refractivity contribution in [3.63, 3.8) is 0 Å². The lowest BCUT2D eigenvalue weighted by Crippen LogP contribution is -2.06. The Kier molecular flexibility index (Phi) is 4.90. The number of rotatable bonds is 5. The van der Waals surface area contributed by atoms with Gasteiger partial charge in [-0.05, 0) is 46.1 Å². The molecular weight excluding hydrogens is 366 g/mol. The molecular formula is C19H20BrN3O. The Hall–Kier alpha value is -2.27. The zero-order chi connectivity index (χ0) is 17.1. The molecule has 3 rings (SSSR count). The van der Waals surface area contributed by atoms with Crippen LogP contribution in [-0.2, 0) is 13.0 Å². The second-order valence-corrected chi connectivity index (χ2v) is 6.41. The Morgan fingerprint density at radius 2 is 1.92 bits per heavy atom. The van der Waals surface area contributed by atoms with Gasteiger partial charge in [-0.25, -0.2) is 4.68 Å². The van der Waals surface area contributed by atoms with Crippen LogP contribution in [-0.4, -0.2) is 16.9 Å². The molecule has 24 heavy (non-hydrogen) atoms. The third kappa shape index (κ3) is 3.17. The van der Waals surface area contributed by atoms with Gasteiger partial charge in [0.2, 0.25) is 0 Å². The van der Waals surface area contributed by atoms with Crippen LogP contribution in [0.15, 0.2) is 53.0 Å². The fourth-order valence-corrected chi connectivity index (χ4v) is 3.31. The molecule has 0 bridgehead atoms. The minimum atomic E-state index is 0.660. The Labute approximate surface area is 150 Å². The summed E-state index contributed by atoms with van der Waals surface area (Å²) >= 11 is 3.62. The van der Waals surface area contributed by atoms with Gasteiger partial charge in [-0.3, -0.25) is 0 Å². The number of nitrogen functional groups attached to an aromatic ring is 1. The normalized spacial score (nSPS) is 10.8. The Morgan fingerprint density at radius 1 is 1.17 bits per heavy atom. The van der Waals surface area contributed by atoms with Crippen molar-refractivity contribution in [2.24, 2.45) is 0 Å². The van der Waals surface area contributed by atoms with Gasteiger partial charge in [0.1, 0.15) is 11.6 Å². The van der Waals surface area contributed by atoms with E-state index >= 15 is 0 Å². The largest absolute Gasteiger partial charge is 0.497 e. The minimum absolute atomic E-state index is 0.660. The van der Waals surface area contributed by atoms with E-state index in [-0.39, 0.29) is 0 Å². The smallest absolute Gasteiger partial charge is 0.125 e. The van der Waals surface area contributed by atoms with Crippen molar-refractivity contribution in [2.45, 2.75) is 19.9 Å². The van der Waals surface area contributed by atoms with Crippen LogP contribution in [0.3, 0.4) is 0 Å². The van der Waals surface area contributed by atoms with E-state index in [1.54, 1.807) is 7.11 Å². The van der Waals surface area contributed by atoms with Crippen molar-refractivity contribution in [1.82, 2.24) is 9.78 Å². The second kappa shape index (κ2) is 7.09. The van der Waals surface area contributed by atoms with E-state index in [1.807, 2.05) is 41.1 Å². The summed E-state index contributed by atoms with van der Waals surface area (Å²) in [5, 5.41) is 4.78. The highest BCUT2D eigenvalue weighted by atomic mass is 79.9. The molecule has 0 aliphatic carbocycles. The maximum Gasteiger partial charge on any atom is 0.125 e. The van der Waals surface area contributed by atoms with Crippen molar-refractivity contribution >= 4 is 21.7 Å². The summed E-state index contributed by atoms with van der Waals surface area (Å²) in [5.74, 6) is 1.53. The van der Waals surface area contributed by atoms with E-state index in [0.717, 1.165) is 39.3 Å². The van der Waals surface area contributed by atoms with E-state index in [9.17, 15) is 0 Å². The van der Waals surface area contributed by atoms with Gasteiger partial charge in [-0.15, -0.1) is 0 Å². The number of hydrogen-bond acceptors (Lipinski definition) is 3. The molecule has 1 aromatic heterocycles. The van der Waals surface area contributed by atoms with Crippen LogP contribution < -0.4 is 10.5 Å². The van der Waals surface area contributed by atoms with Crippen molar-refractivity contribution in [3.05, 3.63) is 64.1 Å². The SMILES string of the molecule is CCc1c(-c2ccc(OC)cc2Br)nn(Cc2ccccc2)c1N. The fraction of sp³-hybridized carbons (Fsp3) is 0.211. The average Bonchev–Trinajstić information content (AvgIpc) is 2.91. The van der Waals surface area contributed by atoms with Gasteiger partial charge in [0, 0.05) is 15.6 Å². The van der Waals surface area contributed by atoms with Crippen LogP contribution in [0.5, 0.6) is 5.75 Å². The second-order valence-electron chi connectivity index (χ2n) is 5.55. The van der Waals surface area contributed by atoms with Crippen molar-refractivity contribution in [1.29, 1.82) is 0 Å². The van der Waals surface area contributed by atoms with E-state index in [2.05, 4.69) is 35.0 Å². The molecule has 4 nitrogen and oxygen atoms in total. The monoisotopic (exact) mass is 385 g/mol. The van der Waals surface area contributed by atoms with Crippen molar-refractivity contribution < 1.29 is 4.74 Å². The maximum absolute atomic E-state index is 6.37. The highest BCUT2D eigenvalue weighted by Gasteiger charge is 2.18. The molecule has 0 aliphatic rings. The molecule has 0 radical (unpaired) electrons. The summed E-state index contributed by atoms with van der Waals surface area (Å²) in [4.78, 5) is 0. The molecule has 0 atom stereocenters. The summed E-state index contributed by atoms with van der Waals surface area (Å²) in [5.41, 5.74) is 10.5. The predicted octanol–water partition coefficient (Wildman–Crippen LogP) is 4.51. The summed E-state index contributed by atoms with van der Waals surface area (Å²) in [6, 6.07) is 16.1. The molecule has 1 heterocycles. The molecule has 124 valence electrons. The molecule has 2 N–H and O–H groups in total. The first-order chi connectivity index (χ1) is 11.6. The Morgan fingerprint density at radius 3 is 2.54 bits per heavy atom.